The molecule has 0 radical (unpaired) electrons. The van der Waals surface area contributed by atoms with Gasteiger partial charge in [0.25, 0.3) is 0 Å². The van der Waals surface area contributed by atoms with E-state index < -0.39 is 5.82 Å². The highest BCUT2D eigenvalue weighted by Crippen LogP contribution is 2.44. The van der Waals surface area contributed by atoms with E-state index in [2.05, 4.69) is 28.0 Å². The number of halogens is 3. The molecule has 9 heteroatoms. The highest BCUT2D eigenvalue weighted by Gasteiger charge is 2.23. The van der Waals surface area contributed by atoms with Gasteiger partial charge in [-0.25, -0.2) is 9.18 Å². The van der Waals surface area contributed by atoms with Gasteiger partial charge in [0, 0.05) is 23.0 Å². The lowest BCUT2D eigenvalue weighted by molar-refractivity contribution is 0.0526. The fraction of sp³-hybridized carbons (Fsp3) is 0.217. The third kappa shape index (κ3) is 4.31. The molecule has 2 heterocycles. The summed E-state index contributed by atoms with van der Waals surface area (Å²) in [6.45, 7) is 4.91. The number of aromatic nitrogens is 3. The van der Waals surface area contributed by atoms with Crippen molar-refractivity contribution in [2.24, 2.45) is 0 Å². The summed E-state index contributed by atoms with van der Waals surface area (Å²) < 4.78 is 24.6. The topological polar surface area (TPSA) is 49.0 Å². The predicted molar refractivity (Wildman–Crippen MR) is 129 cm³/mol. The Kier molecular flexibility index (Phi) is 6.93. The average molecular weight is 537 g/mol. The van der Waals surface area contributed by atoms with E-state index in [4.69, 9.17) is 16.3 Å². The van der Waals surface area contributed by atoms with Gasteiger partial charge in [0.1, 0.15) is 4.60 Å². The second kappa shape index (κ2) is 9.68. The molecule has 2 aromatic carbocycles. The molecule has 5 nitrogen and oxygen atoms in total. The number of carbonyl (C=O) groups is 1. The molecule has 0 atom stereocenters. The van der Waals surface area contributed by atoms with E-state index in [1.165, 1.54) is 11.8 Å². The summed E-state index contributed by atoms with van der Waals surface area (Å²) in [4.78, 5) is 13.8. The van der Waals surface area contributed by atoms with Crippen molar-refractivity contribution in [2.75, 3.05) is 6.61 Å². The highest BCUT2D eigenvalue weighted by molar-refractivity contribution is 9.10. The number of esters is 1. The molecule has 166 valence electrons. The monoisotopic (exact) mass is 535 g/mol. The highest BCUT2D eigenvalue weighted by atomic mass is 79.9. The number of aryl methyl sites for hydroxylation is 1. The fourth-order valence-corrected chi connectivity index (χ4v) is 5.44. The van der Waals surface area contributed by atoms with Crippen molar-refractivity contribution in [3.8, 4) is 5.69 Å². The molecule has 0 spiro atoms. The maximum absolute atomic E-state index is 15.2. The summed E-state index contributed by atoms with van der Waals surface area (Å²) in [5, 5.41) is 5.13. The molecule has 0 bridgehead atoms. The summed E-state index contributed by atoms with van der Waals surface area (Å²) in [7, 11) is 0. The van der Waals surface area contributed by atoms with Crippen molar-refractivity contribution in [3.63, 3.8) is 0 Å². The Hall–Kier alpha value is -2.29. The molecule has 0 fully saturated rings. The van der Waals surface area contributed by atoms with Crippen molar-refractivity contribution in [2.45, 2.75) is 36.6 Å². The minimum absolute atomic E-state index is 0.0468. The maximum atomic E-state index is 15.2. The first-order valence-electron chi connectivity index (χ1n) is 10.1. The van der Waals surface area contributed by atoms with Crippen LogP contribution in [0, 0.1) is 5.82 Å². The van der Waals surface area contributed by atoms with E-state index in [0.717, 1.165) is 28.4 Å². The van der Waals surface area contributed by atoms with Gasteiger partial charge in [0.2, 0.25) is 0 Å². The quantitative estimate of drug-likeness (QED) is 0.236. The summed E-state index contributed by atoms with van der Waals surface area (Å²) in [5.74, 6) is -0.877. The molecule has 4 aromatic rings. The third-order valence-corrected chi connectivity index (χ3v) is 7.23. The van der Waals surface area contributed by atoms with Crippen molar-refractivity contribution >= 4 is 56.2 Å². The Bertz CT molecular complexity index is 1300. The Labute approximate surface area is 202 Å². The largest absolute Gasteiger partial charge is 0.462 e. The summed E-state index contributed by atoms with van der Waals surface area (Å²) in [6.07, 6.45) is 4.52. The van der Waals surface area contributed by atoms with Crippen LogP contribution in [0.1, 0.15) is 30.6 Å². The first kappa shape index (κ1) is 22.9. The van der Waals surface area contributed by atoms with Crippen molar-refractivity contribution in [3.05, 3.63) is 69.8 Å². The van der Waals surface area contributed by atoms with Crippen molar-refractivity contribution in [1.29, 1.82) is 0 Å². The number of fused-ring (bicyclic) bond motifs is 1. The Balaban J connectivity index is 1.84. The Morgan fingerprint density at radius 2 is 2.09 bits per heavy atom. The molecule has 0 saturated carbocycles. The summed E-state index contributed by atoms with van der Waals surface area (Å²) in [5.41, 5.74) is 1.56. The summed E-state index contributed by atoms with van der Waals surface area (Å²) >= 11 is 11.2. The predicted octanol–water partition coefficient (Wildman–Crippen LogP) is 7.12. The van der Waals surface area contributed by atoms with Gasteiger partial charge in [0.15, 0.2) is 5.82 Å². The van der Waals surface area contributed by atoms with Crippen LogP contribution in [0.2, 0.25) is 5.02 Å². The molecular formula is C23H20BrClFN3O2S. The minimum Gasteiger partial charge on any atom is -0.462 e. The van der Waals surface area contributed by atoms with Crippen LogP contribution in [0.4, 0.5) is 4.39 Å². The molecule has 0 amide bonds. The molecule has 0 aliphatic carbocycles. The third-order valence-electron chi connectivity index (χ3n) is 4.82. The van der Waals surface area contributed by atoms with Gasteiger partial charge in [-0.15, -0.1) is 0 Å². The number of rotatable bonds is 7. The van der Waals surface area contributed by atoms with Gasteiger partial charge in [-0.2, -0.15) is 5.10 Å². The number of hydrogen-bond donors (Lipinski definition) is 0. The SMILES string of the molecule is CCCn1cc(-n2c(Br)c(Sc3cccc(C(=O)OCC)c3)c3ccc(Cl)c(F)c32)cn1. The smallest absolute Gasteiger partial charge is 0.338 e. The van der Waals surface area contributed by atoms with Crippen molar-refractivity contribution in [1.82, 2.24) is 14.3 Å². The van der Waals surface area contributed by atoms with E-state index in [-0.39, 0.29) is 11.0 Å². The van der Waals surface area contributed by atoms with Crippen LogP contribution in [-0.4, -0.2) is 26.9 Å². The first-order chi connectivity index (χ1) is 15.4. The zero-order chi connectivity index (χ0) is 22.8. The van der Waals surface area contributed by atoms with Crippen LogP contribution in [-0.2, 0) is 11.3 Å². The zero-order valence-electron chi connectivity index (χ0n) is 17.4. The van der Waals surface area contributed by atoms with E-state index in [1.54, 1.807) is 48.0 Å². The second-order valence-electron chi connectivity index (χ2n) is 7.02. The molecule has 0 aliphatic rings. The van der Waals surface area contributed by atoms with Gasteiger partial charge in [-0.1, -0.05) is 36.4 Å². The van der Waals surface area contributed by atoms with Crippen LogP contribution in [0.3, 0.4) is 0 Å². The van der Waals surface area contributed by atoms with E-state index >= 15 is 4.39 Å². The standard InChI is InChI=1S/C23H20BrClFN3O2S/c1-3-10-28-13-15(12-27-28)29-20-17(8-9-18(25)19(20)26)21(22(29)24)32-16-7-5-6-14(11-16)23(30)31-4-2/h5-9,11-13H,3-4,10H2,1-2H3. The molecule has 32 heavy (non-hydrogen) atoms. The van der Waals surface area contributed by atoms with E-state index in [1.807, 2.05) is 16.9 Å². The molecule has 2 aromatic heterocycles. The molecular weight excluding hydrogens is 517 g/mol. The summed E-state index contributed by atoms with van der Waals surface area (Å²) in [6, 6.07) is 10.5. The van der Waals surface area contributed by atoms with Crippen LogP contribution in [0.15, 0.2) is 63.2 Å². The Morgan fingerprint density at radius 1 is 1.28 bits per heavy atom. The van der Waals surface area contributed by atoms with Crippen LogP contribution < -0.4 is 0 Å². The number of nitrogens with zero attached hydrogens (tertiary/aromatic N) is 3. The average Bonchev–Trinajstić information content (AvgIpc) is 3.34. The molecule has 0 aliphatic heterocycles. The Morgan fingerprint density at radius 3 is 2.84 bits per heavy atom. The second-order valence-corrected chi connectivity index (χ2v) is 9.27. The molecule has 0 unspecified atom stereocenters. The number of benzene rings is 2. The molecule has 0 N–H and O–H groups in total. The van der Waals surface area contributed by atoms with E-state index in [9.17, 15) is 4.79 Å². The lowest BCUT2D eigenvalue weighted by atomic mass is 10.2. The number of carbonyl (C=O) groups excluding carboxylic acids is 1. The lowest BCUT2D eigenvalue weighted by Gasteiger charge is -2.06. The van der Waals surface area contributed by atoms with Gasteiger partial charge in [-0.3, -0.25) is 9.25 Å². The lowest BCUT2D eigenvalue weighted by Crippen LogP contribution is -2.04. The fourth-order valence-electron chi connectivity index (χ4n) is 3.43. The van der Waals surface area contributed by atoms with E-state index in [0.29, 0.717) is 27.7 Å². The van der Waals surface area contributed by atoms with Crippen LogP contribution in [0.25, 0.3) is 16.6 Å². The van der Waals surface area contributed by atoms with Crippen LogP contribution in [0.5, 0.6) is 0 Å². The normalized spacial score (nSPS) is 11.3. The van der Waals surface area contributed by atoms with Gasteiger partial charge in [-0.05, 0) is 59.6 Å². The number of hydrogen-bond acceptors (Lipinski definition) is 4. The maximum Gasteiger partial charge on any atom is 0.338 e. The molecule has 0 saturated heterocycles. The first-order valence-corrected chi connectivity index (χ1v) is 12.1. The van der Waals surface area contributed by atoms with Crippen LogP contribution >= 0.6 is 39.3 Å². The zero-order valence-corrected chi connectivity index (χ0v) is 20.6. The van der Waals surface area contributed by atoms with Gasteiger partial charge < -0.3 is 4.74 Å². The van der Waals surface area contributed by atoms with Crippen molar-refractivity contribution < 1.29 is 13.9 Å². The number of ether oxygens (including phenoxy) is 1. The molecule has 4 rings (SSSR count). The minimum atomic E-state index is -0.500. The van der Waals surface area contributed by atoms with Gasteiger partial charge >= 0.3 is 5.97 Å². The van der Waals surface area contributed by atoms with Gasteiger partial charge in [0.05, 0.1) is 39.5 Å².